The number of methoxy groups -OCH3 is 2. The van der Waals surface area contributed by atoms with Crippen LogP contribution in [0, 0.1) is 6.92 Å². The minimum absolute atomic E-state index is 0.0602. The molecule has 4 aromatic carbocycles. The lowest BCUT2D eigenvalue weighted by atomic mass is 9.79. The molecule has 1 aromatic heterocycles. The first-order valence-electron chi connectivity index (χ1n) is 16.1. The van der Waals surface area contributed by atoms with Crippen molar-refractivity contribution >= 4 is 0 Å². The van der Waals surface area contributed by atoms with E-state index in [1.165, 1.54) is 10.8 Å². The fourth-order valence-corrected chi connectivity index (χ4v) is 6.49. The van der Waals surface area contributed by atoms with Crippen LogP contribution in [0.1, 0.15) is 34.0 Å². The Hall–Kier alpha value is -5.00. The predicted molar refractivity (Wildman–Crippen MR) is 186 cm³/mol. The van der Waals surface area contributed by atoms with Gasteiger partial charge in [0.15, 0.2) is 6.23 Å². The molecule has 1 saturated heterocycles. The molecule has 0 saturated carbocycles. The zero-order valence-corrected chi connectivity index (χ0v) is 27.9. The van der Waals surface area contributed by atoms with Crippen LogP contribution in [0.15, 0.2) is 125 Å². The summed E-state index contributed by atoms with van der Waals surface area (Å²) >= 11 is 0. The van der Waals surface area contributed by atoms with Gasteiger partial charge in [0.1, 0.15) is 22.7 Å². The second kappa shape index (κ2) is 14.6. The summed E-state index contributed by atoms with van der Waals surface area (Å²) in [6.07, 6.45) is 0.674. The first kappa shape index (κ1) is 33.9. The number of nitrogens with one attached hydrogen (secondary N) is 1. The topological polar surface area (TPSA) is 115 Å². The van der Waals surface area contributed by atoms with Gasteiger partial charge in [0.05, 0.1) is 27.4 Å². The number of nitrogens with zero attached hydrogens (tertiary/aromatic N) is 2. The van der Waals surface area contributed by atoms with Gasteiger partial charge in [0.25, 0.3) is 5.56 Å². The van der Waals surface area contributed by atoms with Crippen LogP contribution in [0.3, 0.4) is 0 Å². The summed E-state index contributed by atoms with van der Waals surface area (Å²) in [5, 5.41) is 11.2. The van der Waals surface area contributed by atoms with Crippen molar-refractivity contribution in [1.82, 2.24) is 14.5 Å². The van der Waals surface area contributed by atoms with Crippen molar-refractivity contribution in [2.75, 3.05) is 40.5 Å². The Balaban J connectivity index is 1.46. The number of aromatic amines is 1. The third-order valence-corrected chi connectivity index (χ3v) is 9.03. The predicted octanol–water partition coefficient (Wildman–Crippen LogP) is 4.63. The zero-order valence-electron chi connectivity index (χ0n) is 27.9. The molecule has 5 aromatic rings. The highest BCUT2D eigenvalue weighted by Gasteiger charge is 2.46. The molecule has 0 aliphatic carbocycles. The molecule has 1 aliphatic heterocycles. The summed E-state index contributed by atoms with van der Waals surface area (Å²) in [5.74, 6) is 1.40. The number of aryl methyl sites for hydroxylation is 1. The number of H-pyrrole nitrogens is 1. The molecule has 0 bridgehead atoms. The molecule has 10 nitrogen and oxygen atoms in total. The summed E-state index contributed by atoms with van der Waals surface area (Å²) in [6.45, 7) is 2.36. The standard InChI is InChI=1S/C39H41N3O7/c1-28-22-42(37(45)40-36(28)44)35-24-41(23-29-10-6-4-7-11-29)25-38(26-43,49-35)27-48-39(30-12-8-5-9-13-30,31-14-18-33(46-2)19-15-31)32-16-20-34(47-3)21-17-32/h4-22,35,43H,23-27H2,1-3H3,(H,40,44,45)/t35-,38-/m1/s1. The summed E-state index contributed by atoms with van der Waals surface area (Å²) in [4.78, 5) is 29.9. The van der Waals surface area contributed by atoms with Crippen molar-refractivity contribution in [3.8, 4) is 11.5 Å². The van der Waals surface area contributed by atoms with E-state index in [9.17, 15) is 14.7 Å². The van der Waals surface area contributed by atoms with Crippen LogP contribution >= 0.6 is 0 Å². The fourth-order valence-electron chi connectivity index (χ4n) is 6.49. The van der Waals surface area contributed by atoms with Gasteiger partial charge in [-0.2, -0.15) is 0 Å². The van der Waals surface area contributed by atoms with Gasteiger partial charge in [-0.1, -0.05) is 84.9 Å². The summed E-state index contributed by atoms with van der Waals surface area (Å²) in [7, 11) is 3.25. The molecular weight excluding hydrogens is 622 g/mol. The lowest BCUT2D eigenvalue weighted by Gasteiger charge is -2.47. The van der Waals surface area contributed by atoms with Crippen LogP contribution in [0.2, 0.25) is 0 Å². The first-order valence-corrected chi connectivity index (χ1v) is 16.1. The van der Waals surface area contributed by atoms with E-state index in [-0.39, 0.29) is 6.61 Å². The van der Waals surface area contributed by atoms with E-state index >= 15 is 0 Å². The number of morpholine rings is 1. The zero-order chi connectivity index (χ0) is 34.4. The van der Waals surface area contributed by atoms with E-state index in [2.05, 4.69) is 9.88 Å². The molecule has 10 heteroatoms. The maximum Gasteiger partial charge on any atom is 0.330 e. The highest BCUT2D eigenvalue weighted by atomic mass is 16.6. The van der Waals surface area contributed by atoms with Crippen LogP contribution in [0.5, 0.6) is 11.5 Å². The Morgan fingerprint density at radius 2 is 1.39 bits per heavy atom. The van der Waals surface area contributed by atoms with Gasteiger partial charge in [-0.25, -0.2) is 4.79 Å². The normalized spacial score (nSPS) is 18.2. The SMILES string of the molecule is COc1ccc(C(OC[C@]2(CO)CN(Cc3ccccc3)C[C@H](n3cc(C)c(=O)[nH]c3=O)O2)(c2ccccc2)c2ccc(OC)cc2)cc1. The van der Waals surface area contributed by atoms with Crippen molar-refractivity contribution in [3.05, 3.63) is 164 Å². The van der Waals surface area contributed by atoms with Crippen LogP contribution in [-0.2, 0) is 21.6 Å². The second-order valence-corrected chi connectivity index (χ2v) is 12.3. The largest absolute Gasteiger partial charge is 0.497 e. The quantitative estimate of drug-likeness (QED) is 0.186. The van der Waals surface area contributed by atoms with Gasteiger partial charge in [0, 0.05) is 31.4 Å². The van der Waals surface area contributed by atoms with Gasteiger partial charge in [0.2, 0.25) is 0 Å². The monoisotopic (exact) mass is 663 g/mol. The molecule has 0 amide bonds. The average molecular weight is 664 g/mol. The van der Waals surface area contributed by atoms with Gasteiger partial charge in [-0.3, -0.25) is 19.2 Å². The molecular formula is C39H41N3O7. The molecule has 0 unspecified atom stereocenters. The van der Waals surface area contributed by atoms with Crippen LogP contribution in [0.4, 0.5) is 0 Å². The fraction of sp³-hybridized carbons (Fsp3) is 0.282. The molecule has 0 radical (unpaired) electrons. The minimum Gasteiger partial charge on any atom is -0.497 e. The highest BCUT2D eigenvalue weighted by Crippen LogP contribution is 2.43. The Labute approximate surface area is 285 Å². The molecule has 2 heterocycles. The Bertz CT molecular complexity index is 1900. The molecule has 0 spiro atoms. The molecule has 49 heavy (non-hydrogen) atoms. The molecule has 2 atom stereocenters. The number of aromatic nitrogens is 2. The van der Waals surface area contributed by atoms with Gasteiger partial charge < -0.3 is 24.1 Å². The molecule has 6 rings (SSSR count). The summed E-state index contributed by atoms with van der Waals surface area (Å²) in [6, 6.07) is 35.3. The number of ether oxygens (including phenoxy) is 4. The number of benzene rings is 4. The maximum absolute atomic E-state index is 13.1. The van der Waals surface area contributed by atoms with E-state index in [1.807, 2.05) is 109 Å². The molecule has 254 valence electrons. The molecule has 1 fully saturated rings. The lowest BCUT2D eigenvalue weighted by molar-refractivity contribution is -0.231. The van der Waals surface area contributed by atoms with E-state index in [1.54, 1.807) is 21.1 Å². The van der Waals surface area contributed by atoms with E-state index < -0.39 is 35.3 Å². The molecule has 1 aliphatic rings. The van der Waals surface area contributed by atoms with Crippen molar-refractivity contribution < 1.29 is 24.1 Å². The van der Waals surface area contributed by atoms with Crippen molar-refractivity contribution in [2.45, 2.75) is 30.9 Å². The highest BCUT2D eigenvalue weighted by molar-refractivity contribution is 5.49. The van der Waals surface area contributed by atoms with Crippen LogP contribution < -0.4 is 20.7 Å². The smallest absolute Gasteiger partial charge is 0.330 e. The van der Waals surface area contributed by atoms with Crippen LogP contribution in [-0.4, -0.2) is 65.7 Å². The number of aliphatic hydroxyl groups is 1. The lowest BCUT2D eigenvalue weighted by Crippen LogP contribution is -2.60. The van der Waals surface area contributed by atoms with Gasteiger partial charge in [-0.15, -0.1) is 0 Å². The van der Waals surface area contributed by atoms with Gasteiger partial charge >= 0.3 is 5.69 Å². The van der Waals surface area contributed by atoms with E-state index in [4.69, 9.17) is 18.9 Å². The summed E-state index contributed by atoms with van der Waals surface area (Å²) in [5.41, 5.74) is 0.476. The number of aliphatic hydroxyl groups excluding tert-OH is 1. The third kappa shape index (κ3) is 7.09. The Kier molecular flexibility index (Phi) is 10.1. The van der Waals surface area contributed by atoms with E-state index in [0.717, 1.165) is 22.3 Å². The van der Waals surface area contributed by atoms with E-state index in [0.29, 0.717) is 36.7 Å². The molecule has 2 N–H and O–H groups in total. The van der Waals surface area contributed by atoms with Crippen molar-refractivity contribution in [3.63, 3.8) is 0 Å². The van der Waals surface area contributed by atoms with Crippen LogP contribution in [0.25, 0.3) is 0 Å². The number of hydrogen-bond acceptors (Lipinski definition) is 8. The number of hydrogen-bond donors (Lipinski definition) is 2. The average Bonchev–Trinajstić information content (AvgIpc) is 3.14. The minimum atomic E-state index is -1.28. The first-order chi connectivity index (χ1) is 23.8. The van der Waals surface area contributed by atoms with Crippen molar-refractivity contribution in [1.29, 1.82) is 0 Å². The number of rotatable bonds is 12. The Morgan fingerprint density at radius 1 is 0.837 bits per heavy atom. The third-order valence-electron chi connectivity index (χ3n) is 9.03. The Morgan fingerprint density at radius 3 is 1.94 bits per heavy atom. The van der Waals surface area contributed by atoms with Gasteiger partial charge in [-0.05, 0) is 53.4 Å². The second-order valence-electron chi connectivity index (χ2n) is 12.3. The van der Waals surface area contributed by atoms with Crippen molar-refractivity contribution in [2.24, 2.45) is 0 Å². The maximum atomic E-state index is 13.1. The summed E-state index contributed by atoms with van der Waals surface area (Å²) < 4.78 is 26.3.